The molecule has 102 valence electrons. The van der Waals surface area contributed by atoms with Gasteiger partial charge < -0.3 is 13.3 Å². The summed E-state index contributed by atoms with van der Waals surface area (Å²) in [4.78, 5) is 0.952. The van der Waals surface area contributed by atoms with E-state index in [1.807, 2.05) is 45.0 Å². The lowest BCUT2D eigenvalue weighted by Crippen LogP contribution is -2.48. The first kappa shape index (κ1) is 15.7. The lowest BCUT2D eigenvalue weighted by atomic mass is 10.2. The molecular formula is C13H22O3SSi. The van der Waals surface area contributed by atoms with Gasteiger partial charge in [0.25, 0.3) is 0 Å². The molecule has 1 aromatic rings. The van der Waals surface area contributed by atoms with Crippen LogP contribution in [0.5, 0.6) is 0 Å². The van der Waals surface area contributed by atoms with Crippen LogP contribution >= 0.6 is 12.6 Å². The van der Waals surface area contributed by atoms with E-state index >= 15 is 0 Å². The molecule has 0 heterocycles. The van der Waals surface area contributed by atoms with Crippen molar-refractivity contribution in [2.24, 2.45) is 0 Å². The predicted octanol–water partition coefficient (Wildman–Crippen LogP) is 3.11. The minimum atomic E-state index is -2.62. The van der Waals surface area contributed by atoms with Crippen molar-refractivity contribution in [3.05, 3.63) is 29.8 Å². The molecule has 0 spiro atoms. The molecule has 0 saturated heterocycles. The van der Waals surface area contributed by atoms with E-state index in [0.717, 1.165) is 10.5 Å². The van der Waals surface area contributed by atoms with Gasteiger partial charge in [0.15, 0.2) is 0 Å². The average molecular weight is 286 g/mol. The molecule has 0 fully saturated rings. The van der Waals surface area contributed by atoms with Crippen molar-refractivity contribution in [3.8, 4) is 0 Å². The monoisotopic (exact) mass is 286 g/mol. The largest absolute Gasteiger partial charge is 0.505 e. The van der Waals surface area contributed by atoms with Gasteiger partial charge >= 0.3 is 8.80 Å². The van der Waals surface area contributed by atoms with Crippen molar-refractivity contribution in [2.75, 3.05) is 19.8 Å². The third kappa shape index (κ3) is 4.40. The van der Waals surface area contributed by atoms with Crippen LogP contribution in [0.2, 0.25) is 0 Å². The summed E-state index contributed by atoms with van der Waals surface area (Å²) in [6.45, 7) is 7.69. The SMILES string of the molecule is CCO[Si](Cc1ccccc1S)(OCC)OCC. The molecule has 0 aliphatic heterocycles. The molecule has 0 aliphatic carbocycles. The molecule has 1 aromatic carbocycles. The fourth-order valence-corrected chi connectivity index (χ4v) is 4.87. The summed E-state index contributed by atoms with van der Waals surface area (Å²) in [5.41, 5.74) is 1.11. The predicted molar refractivity (Wildman–Crippen MR) is 78.0 cm³/mol. The van der Waals surface area contributed by atoms with Gasteiger partial charge in [-0.25, -0.2) is 0 Å². The van der Waals surface area contributed by atoms with Gasteiger partial charge in [-0.3, -0.25) is 0 Å². The van der Waals surface area contributed by atoms with Crippen LogP contribution in [-0.4, -0.2) is 28.6 Å². The highest BCUT2D eigenvalue weighted by Crippen LogP contribution is 2.21. The first-order valence-electron chi connectivity index (χ1n) is 6.36. The van der Waals surface area contributed by atoms with Crippen molar-refractivity contribution >= 4 is 21.4 Å². The van der Waals surface area contributed by atoms with Gasteiger partial charge in [-0.1, -0.05) is 18.2 Å². The Kier molecular flexibility index (Phi) is 6.96. The molecule has 1 rings (SSSR count). The highest BCUT2D eigenvalue weighted by Gasteiger charge is 2.40. The van der Waals surface area contributed by atoms with Gasteiger partial charge in [-0.15, -0.1) is 12.6 Å². The fraction of sp³-hybridized carbons (Fsp3) is 0.538. The van der Waals surface area contributed by atoms with Crippen LogP contribution in [0.15, 0.2) is 29.2 Å². The molecule has 0 bridgehead atoms. The third-order valence-electron chi connectivity index (χ3n) is 2.49. The molecule has 0 atom stereocenters. The number of benzene rings is 1. The van der Waals surface area contributed by atoms with Crippen LogP contribution in [0, 0.1) is 0 Å². The van der Waals surface area contributed by atoms with Crippen molar-refractivity contribution in [1.29, 1.82) is 0 Å². The molecular weight excluding hydrogens is 264 g/mol. The lowest BCUT2D eigenvalue weighted by Gasteiger charge is -2.28. The van der Waals surface area contributed by atoms with Gasteiger partial charge in [0, 0.05) is 30.8 Å². The van der Waals surface area contributed by atoms with Crippen LogP contribution in [-0.2, 0) is 19.3 Å². The Labute approximate surface area is 116 Å². The lowest BCUT2D eigenvalue weighted by molar-refractivity contribution is 0.0702. The molecule has 0 radical (unpaired) electrons. The van der Waals surface area contributed by atoms with E-state index in [4.69, 9.17) is 13.3 Å². The van der Waals surface area contributed by atoms with Gasteiger partial charge in [-0.05, 0) is 32.4 Å². The van der Waals surface area contributed by atoms with Gasteiger partial charge in [0.2, 0.25) is 0 Å². The summed E-state index contributed by atoms with van der Waals surface area (Å²) in [6, 6.07) is 8.65. The summed E-state index contributed by atoms with van der Waals surface area (Å²) in [5.74, 6) is 0. The summed E-state index contributed by atoms with van der Waals surface area (Å²) in [7, 11) is -2.62. The summed E-state index contributed by atoms with van der Waals surface area (Å²) < 4.78 is 17.5. The maximum Gasteiger partial charge on any atom is 0.505 e. The maximum atomic E-state index is 5.83. The average Bonchev–Trinajstić information content (AvgIpc) is 2.33. The van der Waals surface area contributed by atoms with E-state index in [2.05, 4.69) is 12.6 Å². The highest BCUT2D eigenvalue weighted by atomic mass is 32.1. The minimum absolute atomic E-state index is 0.598. The summed E-state index contributed by atoms with van der Waals surface area (Å²) in [5, 5.41) is 0. The van der Waals surface area contributed by atoms with E-state index in [1.165, 1.54) is 0 Å². The Morgan fingerprint density at radius 2 is 1.44 bits per heavy atom. The van der Waals surface area contributed by atoms with Gasteiger partial charge in [-0.2, -0.15) is 0 Å². The Balaban J connectivity index is 2.91. The molecule has 0 N–H and O–H groups in total. The zero-order valence-electron chi connectivity index (χ0n) is 11.3. The molecule has 5 heteroatoms. The van der Waals surface area contributed by atoms with Crippen molar-refractivity contribution in [2.45, 2.75) is 31.7 Å². The summed E-state index contributed by atoms with van der Waals surface area (Å²) >= 11 is 4.47. The van der Waals surface area contributed by atoms with Crippen LogP contribution in [0.3, 0.4) is 0 Å². The molecule has 0 amide bonds. The second kappa shape index (κ2) is 7.96. The zero-order chi connectivity index (χ0) is 13.4. The second-order valence-electron chi connectivity index (χ2n) is 3.79. The van der Waals surface area contributed by atoms with E-state index in [-0.39, 0.29) is 0 Å². The normalized spacial score (nSPS) is 11.8. The van der Waals surface area contributed by atoms with E-state index in [0.29, 0.717) is 25.9 Å². The van der Waals surface area contributed by atoms with Crippen LogP contribution < -0.4 is 0 Å². The quantitative estimate of drug-likeness (QED) is 0.588. The van der Waals surface area contributed by atoms with Crippen LogP contribution in [0.4, 0.5) is 0 Å². The number of hydrogen-bond donors (Lipinski definition) is 1. The molecule has 0 aromatic heterocycles. The maximum absolute atomic E-state index is 5.83. The van der Waals surface area contributed by atoms with Gasteiger partial charge in [0.1, 0.15) is 0 Å². The standard InChI is InChI=1S/C13H22O3SSi/c1-4-14-18(15-5-2,16-6-3)11-12-9-7-8-10-13(12)17/h7-10,17H,4-6,11H2,1-3H3. The highest BCUT2D eigenvalue weighted by molar-refractivity contribution is 7.80. The molecule has 0 aliphatic rings. The molecule has 18 heavy (non-hydrogen) atoms. The third-order valence-corrected chi connectivity index (χ3v) is 5.93. The Hall–Kier alpha value is -0.333. The fourth-order valence-electron chi connectivity index (χ4n) is 1.83. The van der Waals surface area contributed by atoms with E-state index in [9.17, 15) is 0 Å². The van der Waals surface area contributed by atoms with Crippen molar-refractivity contribution < 1.29 is 13.3 Å². The summed E-state index contributed by atoms with van der Waals surface area (Å²) in [6.07, 6.45) is 0. The molecule has 0 unspecified atom stereocenters. The topological polar surface area (TPSA) is 27.7 Å². The Morgan fingerprint density at radius 1 is 0.944 bits per heavy atom. The van der Waals surface area contributed by atoms with Crippen molar-refractivity contribution in [1.82, 2.24) is 0 Å². The minimum Gasteiger partial charge on any atom is -0.374 e. The Bertz CT molecular complexity index is 343. The zero-order valence-corrected chi connectivity index (χ0v) is 13.2. The molecule has 0 saturated carbocycles. The van der Waals surface area contributed by atoms with E-state index in [1.54, 1.807) is 0 Å². The van der Waals surface area contributed by atoms with Crippen LogP contribution in [0.1, 0.15) is 26.3 Å². The number of thiol groups is 1. The smallest absolute Gasteiger partial charge is 0.374 e. The van der Waals surface area contributed by atoms with Gasteiger partial charge in [0.05, 0.1) is 0 Å². The van der Waals surface area contributed by atoms with Crippen LogP contribution in [0.25, 0.3) is 0 Å². The van der Waals surface area contributed by atoms with Crippen molar-refractivity contribution in [3.63, 3.8) is 0 Å². The first-order valence-corrected chi connectivity index (χ1v) is 8.74. The van der Waals surface area contributed by atoms with E-state index < -0.39 is 8.80 Å². The number of rotatable bonds is 8. The Morgan fingerprint density at radius 3 is 1.89 bits per heavy atom. The second-order valence-corrected chi connectivity index (χ2v) is 6.85. The molecule has 3 nitrogen and oxygen atoms in total. The first-order chi connectivity index (χ1) is 8.67. The number of hydrogen-bond acceptors (Lipinski definition) is 4.